The van der Waals surface area contributed by atoms with Crippen LogP contribution in [0.3, 0.4) is 0 Å². The maximum Gasteiger partial charge on any atom is 0.255 e. The summed E-state index contributed by atoms with van der Waals surface area (Å²) in [5, 5.41) is 7.87. The van der Waals surface area contributed by atoms with Crippen molar-refractivity contribution in [2.45, 2.75) is 32.7 Å². The van der Waals surface area contributed by atoms with Gasteiger partial charge in [0.2, 0.25) is 10.0 Å². The molecule has 8 heteroatoms. The van der Waals surface area contributed by atoms with Gasteiger partial charge < -0.3 is 5.32 Å². The Morgan fingerprint density at radius 1 is 1.06 bits per heavy atom. The maximum absolute atomic E-state index is 13.3. The summed E-state index contributed by atoms with van der Waals surface area (Å²) < 4.78 is 26.7. The van der Waals surface area contributed by atoms with E-state index in [1.165, 1.54) is 10.6 Å². The number of nitrogens with one attached hydrogen (secondary N) is 1. The number of para-hydroxylation sites is 1. The molecule has 1 fully saturated rings. The van der Waals surface area contributed by atoms with Crippen molar-refractivity contribution >= 4 is 15.9 Å². The summed E-state index contributed by atoms with van der Waals surface area (Å²) in [4.78, 5) is 13.3. The average Bonchev–Trinajstić information content (AvgIpc) is 3.19. The molecule has 0 saturated carbocycles. The van der Waals surface area contributed by atoms with Gasteiger partial charge in [0, 0.05) is 30.9 Å². The van der Waals surface area contributed by atoms with Gasteiger partial charge >= 0.3 is 0 Å². The molecule has 1 amide bonds. The number of benzene rings is 2. The van der Waals surface area contributed by atoms with Gasteiger partial charge in [0.1, 0.15) is 5.69 Å². The lowest BCUT2D eigenvalue weighted by Gasteiger charge is -2.30. The predicted molar refractivity (Wildman–Crippen MR) is 125 cm³/mol. The molecule has 2 heterocycles. The zero-order valence-corrected chi connectivity index (χ0v) is 19.4. The third-order valence-corrected chi connectivity index (χ3v) is 7.18. The zero-order valence-electron chi connectivity index (χ0n) is 18.6. The van der Waals surface area contributed by atoms with E-state index in [9.17, 15) is 13.2 Å². The summed E-state index contributed by atoms with van der Waals surface area (Å²) in [6, 6.07) is 15.7. The van der Waals surface area contributed by atoms with Gasteiger partial charge in [-0.25, -0.2) is 17.4 Å². The van der Waals surface area contributed by atoms with Gasteiger partial charge in [-0.05, 0) is 44.4 Å². The molecule has 168 valence electrons. The average molecular weight is 453 g/mol. The minimum absolute atomic E-state index is 0.0764. The summed E-state index contributed by atoms with van der Waals surface area (Å²) in [5.74, 6) is -0.194. The molecule has 1 aromatic heterocycles. The van der Waals surface area contributed by atoms with Crippen LogP contribution in [-0.2, 0) is 10.0 Å². The molecule has 1 aliphatic rings. The van der Waals surface area contributed by atoms with Crippen molar-refractivity contribution in [1.29, 1.82) is 0 Å². The highest BCUT2D eigenvalue weighted by molar-refractivity contribution is 7.88. The lowest BCUT2D eigenvalue weighted by molar-refractivity contribution is 0.0924. The fourth-order valence-electron chi connectivity index (χ4n) is 4.13. The van der Waals surface area contributed by atoms with E-state index >= 15 is 0 Å². The van der Waals surface area contributed by atoms with Crippen LogP contribution in [0.25, 0.3) is 16.9 Å². The SMILES string of the molecule is Cc1ccc(-c2nn(-c3ccccc3)cc2C(=O)NC2CCN(S(C)(=O)=O)CC2)c(C)c1. The first-order valence-electron chi connectivity index (χ1n) is 10.7. The molecule has 4 rings (SSSR count). The fourth-order valence-corrected chi connectivity index (χ4v) is 5.00. The van der Waals surface area contributed by atoms with Gasteiger partial charge in [0.05, 0.1) is 17.5 Å². The second-order valence-corrected chi connectivity index (χ2v) is 10.4. The first-order valence-corrected chi connectivity index (χ1v) is 12.6. The summed E-state index contributed by atoms with van der Waals surface area (Å²) in [6.07, 6.45) is 4.17. The molecule has 0 atom stereocenters. The molecule has 1 saturated heterocycles. The lowest BCUT2D eigenvalue weighted by atomic mass is 10.00. The number of piperidine rings is 1. The molecule has 2 aromatic carbocycles. The van der Waals surface area contributed by atoms with E-state index in [2.05, 4.69) is 11.4 Å². The molecular weight excluding hydrogens is 424 g/mol. The van der Waals surface area contributed by atoms with Crippen LogP contribution < -0.4 is 5.32 Å². The molecule has 1 aliphatic heterocycles. The van der Waals surface area contributed by atoms with E-state index in [4.69, 9.17) is 5.10 Å². The number of sulfonamides is 1. The van der Waals surface area contributed by atoms with Crippen molar-refractivity contribution in [1.82, 2.24) is 19.4 Å². The third kappa shape index (κ3) is 4.76. The lowest BCUT2D eigenvalue weighted by Crippen LogP contribution is -2.46. The topological polar surface area (TPSA) is 84.3 Å². The normalized spacial score (nSPS) is 15.6. The molecule has 7 nitrogen and oxygen atoms in total. The Morgan fingerprint density at radius 2 is 1.75 bits per heavy atom. The number of hydrogen-bond acceptors (Lipinski definition) is 4. The highest BCUT2D eigenvalue weighted by atomic mass is 32.2. The van der Waals surface area contributed by atoms with Crippen LogP contribution in [0.4, 0.5) is 0 Å². The maximum atomic E-state index is 13.3. The quantitative estimate of drug-likeness (QED) is 0.644. The summed E-state index contributed by atoms with van der Waals surface area (Å²) in [7, 11) is -3.20. The number of nitrogens with zero attached hydrogens (tertiary/aromatic N) is 3. The first-order chi connectivity index (χ1) is 15.2. The number of carbonyl (C=O) groups is 1. The summed E-state index contributed by atoms with van der Waals surface area (Å²) in [5.41, 5.74) is 5.14. The first kappa shape index (κ1) is 22.2. The molecule has 1 N–H and O–H groups in total. The van der Waals surface area contributed by atoms with Crippen molar-refractivity contribution < 1.29 is 13.2 Å². The van der Waals surface area contributed by atoms with Gasteiger partial charge in [-0.15, -0.1) is 0 Å². The van der Waals surface area contributed by atoms with E-state index in [-0.39, 0.29) is 11.9 Å². The van der Waals surface area contributed by atoms with E-state index in [1.54, 1.807) is 10.9 Å². The predicted octanol–water partition coefficient (Wildman–Crippen LogP) is 3.31. The Bertz CT molecular complexity index is 1230. The smallest absolute Gasteiger partial charge is 0.255 e. The Hall–Kier alpha value is -2.97. The van der Waals surface area contributed by atoms with Crippen molar-refractivity contribution in [3.8, 4) is 16.9 Å². The van der Waals surface area contributed by atoms with E-state index in [0.717, 1.165) is 22.4 Å². The van der Waals surface area contributed by atoms with Gasteiger partial charge in [-0.1, -0.05) is 42.0 Å². The van der Waals surface area contributed by atoms with Crippen LogP contribution in [0.1, 0.15) is 34.3 Å². The van der Waals surface area contributed by atoms with E-state index in [1.807, 2.05) is 56.3 Å². The van der Waals surface area contributed by atoms with Crippen molar-refractivity contribution in [2.24, 2.45) is 0 Å². The molecule has 32 heavy (non-hydrogen) atoms. The number of carbonyl (C=O) groups excluding carboxylic acids is 1. The van der Waals surface area contributed by atoms with Crippen molar-refractivity contribution in [3.05, 3.63) is 71.4 Å². The summed E-state index contributed by atoms with van der Waals surface area (Å²) >= 11 is 0. The minimum Gasteiger partial charge on any atom is -0.349 e. The molecule has 0 radical (unpaired) electrons. The van der Waals surface area contributed by atoms with Gasteiger partial charge in [-0.2, -0.15) is 5.10 Å². The van der Waals surface area contributed by atoms with Crippen LogP contribution >= 0.6 is 0 Å². The molecule has 0 unspecified atom stereocenters. The molecule has 0 bridgehead atoms. The zero-order chi connectivity index (χ0) is 22.9. The monoisotopic (exact) mass is 452 g/mol. The third-order valence-electron chi connectivity index (χ3n) is 5.87. The largest absolute Gasteiger partial charge is 0.349 e. The van der Waals surface area contributed by atoms with Crippen LogP contribution in [0.5, 0.6) is 0 Å². The molecule has 0 spiro atoms. The summed E-state index contributed by atoms with van der Waals surface area (Å²) in [6.45, 7) is 4.89. The number of rotatable bonds is 5. The highest BCUT2D eigenvalue weighted by Crippen LogP contribution is 2.28. The van der Waals surface area contributed by atoms with E-state index < -0.39 is 10.0 Å². The highest BCUT2D eigenvalue weighted by Gasteiger charge is 2.27. The number of aromatic nitrogens is 2. The van der Waals surface area contributed by atoms with Crippen LogP contribution in [0.15, 0.2) is 54.7 Å². The molecule has 3 aromatic rings. The number of amides is 1. The molecule has 0 aliphatic carbocycles. The van der Waals surface area contributed by atoms with Crippen LogP contribution in [-0.4, -0.2) is 53.8 Å². The van der Waals surface area contributed by atoms with E-state index in [0.29, 0.717) is 37.2 Å². The van der Waals surface area contributed by atoms with Gasteiger partial charge in [-0.3, -0.25) is 4.79 Å². The van der Waals surface area contributed by atoms with Crippen molar-refractivity contribution in [3.63, 3.8) is 0 Å². The number of hydrogen-bond donors (Lipinski definition) is 1. The number of aryl methyl sites for hydroxylation is 2. The van der Waals surface area contributed by atoms with Crippen LogP contribution in [0.2, 0.25) is 0 Å². The minimum atomic E-state index is -3.20. The second kappa shape index (κ2) is 8.88. The van der Waals surface area contributed by atoms with Crippen LogP contribution in [0, 0.1) is 13.8 Å². The molecular formula is C24H28N4O3S. The van der Waals surface area contributed by atoms with Gasteiger partial charge in [0.15, 0.2) is 0 Å². The van der Waals surface area contributed by atoms with Crippen molar-refractivity contribution in [2.75, 3.05) is 19.3 Å². The Morgan fingerprint density at radius 3 is 2.38 bits per heavy atom. The second-order valence-electron chi connectivity index (χ2n) is 8.40. The Balaban J connectivity index is 1.63. The Labute approximate surface area is 189 Å². The standard InChI is InChI=1S/C24H28N4O3S/c1-17-9-10-21(18(2)15-17)23-22(16-28(26-23)20-7-5-4-6-8-20)24(29)25-19-11-13-27(14-12-19)32(3,30)31/h4-10,15-16,19H,11-14H2,1-3H3,(H,25,29). The van der Waals surface area contributed by atoms with Gasteiger partial charge in [0.25, 0.3) is 5.91 Å². The Kier molecular flexibility index (Phi) is 6.17. The fraction of sp³-hybridized carbons (Fsp3) is 0.333.